The third kappa shape index (κ3) is 3.23. The van der Waals surface area contributed by atoms with Crippen molar-refractivity contribution in [3.8, 4) is 11.8 Å². The summed E-state index contributed by atoms with van der Waals surface area (Å²) in [5.41, 5.74) is 1.26. The smallest absolute Gasteiger partial charge is 0.139 e. The van der Waals surface area contributed by atoms with E-state index in [2.05, 4.69) is 32.2 Å². The van der Waals surface area contributed by atoms with E-state index in [1.807, 2.05) is 6.07 Å². The molecule has 0 amide bonds. The van der Waals surface area contributed by atoms with Crippen molar-refractivity contribution in [3.05, 3.63) is 27.7 Å². The Hall–Kier alpha value is -1.09. The monoisotopic (exact) mass is 349 g/mol. The number of aromatic hydroxyl groups is 1. The Morgan fingerprint density at radius 3 is 2.71 bits per heavy atom. The largest absolute Gasteiger partial charge is 0.506 e. The second-order valence-electron chi connectivity index (χ2n) is 5.95. The maximum atomic E-state index is 10.5. The van der Waals surface area contributed by atoms with Crippen molar-refractivity contribution in [3.63, 3.8) is 0 Å². The predicted octanol–water partition coefficient (Wildman–Crippen LogP) is 2.77. The normalized spacial score (nSPS) is 21.0. The van der Waals surface area contributed by atoms with Crippen molar-refractivity contribution in [1.82, 2.24) is 10.2 Å². The van der Waals surface area contributed by atoms with Crippen LogP contribution in [-0.4, -0.2) is 36.2 Å². The molecule has 1 aromatic rings. The van der Waals surface area contributed by atoms with E-state index in [9.17, 15) is 10.4 Å². The molecule has 2 fully saturated rings. The third-order valence-electron chi connectivity index (χ3n) is 4.46. The van der Waals surface area contributed by atoms with Gasteiger partial charge in [-0.15, -0.1) is 0 Å². The van der Waals surface area contributed by atoms with Crippen LogP contribution in [0.5, 0.6) is 5.75 Å². The molecule has 0 spiro atoms. The Morgan fingerprint density at radius 2 is 2.10 bits per heavy atom. The summed E-state index contributed by atoms with van der Waals surface area (Å²) in [6.45, 7) is 3.94. The van der Waals surface area contributed by atoms with E-state index < -0.39 is 0 Å². The van der Waals surface area contributed by atoms with E-state index in [0.717, 1.165) is 48.6 Å². The molecule has 2 aliphatic rings. The van der Waals surface area contributed by atoms with Gasteiger partial charge in [-0.05, 0) is 24.5 Å². The van der Waals surface area contributed by atoms with Crippen LogP contribution in [0.1, 0.15) is 36.4 Å². The van der Waals surface area contributed by atoms with E-state index in [1.54, 1.807) is 6.07 Å². The van der Waals surface area contributed by atoms with Crippen molar-refractivity contribution in [1.29, 1.82) is 5.26 Å². The number of piperazine rings is 1. The minimum atomic E-state index is 0.149. The van der Waals surface area contributed by atoms with Crippen LogP contribution >= 0.6 is 15.9 Å². The second kappa shape index (κ2) is 6.35. The average molecular weight is 350 g/mol. The average Bonchev–Trinajstić information content (AvgIpc) is 3.31. The van der Waals surface area contributed by atoms with E-state index in [0.29, 0.717) is 5.56 Å². The summed E-state index contributed by atoms with van der Waals surface area (Å²) in [7, 11) is 0. The highest BCUT2D eigenvalue weighted by atomic mass is 79.9. The Kier molecular flexibility index (Phi) is 4.48. The molecule has 1 saturated heterocycles. The minimum Gasteiger partial charge on any atom is -0.506 e. The van der Waals surface area contributed by atoms with Crippen molar-refractivity contribution >= 4 is 15.9 Å². The van der Waals surface area contributed by atoms with Crippen molar-refractivity contribution in [2.24, 2.45) is 5.92 Å². The maximum absolute atomic E-state index is 10.5. The fraction of sp³-hybridized carbons (Fsp3) is 0.562. The highest BCUT2D eigenvalue weighted by Gasteiger charge is 2.33. The van der Waals surface area contributed by atoms with Gasteiger partial charge in [-0.2, -0.15) is 5.26 Å². The van der Waals surface area contributed by atoms with Gasteiger partial charge >= 0.3 is 0 Å². The molecule has 0 bridgehead atoms. The zero-order chi connectivity index (χ0) is 14.8. The summed E-state index contributed by atoms with van der Waals surface area (Å²) in [6, 6.07) is 5.84. The second-order valence-corrected chi connectivity index (χ2v) is 6.80. The molecule has 21 heavy (non-hydrogen) atoms. The summed E-state index contributed by atoms with van der Waals surface area (Å²) in [6.07, 6.45) is 3.65. The fourth-order valence-electron chi connectivity index (χ4n) is 3.10. The van der Waals surface area contributed by atoms with Gasteiger partial charge in [-0.25, -0.2) is 0 Å². The van der Waals surface area contributed by atoms with Crippen LogP contribution in [-0.2, 0) is 0 Å². The number of nitriles is 1. The molecule has 1 heterocycles. The first kappa shape index (κ1) is 14.8. The quantitative estimate of drug-likeness (QED) is 0.877. The maximum Gasteiger partial charge on any atom is 0.139 e. The van der Waals surface area contributed by atoms with E-state index >= 15 is 0 Å². The van der Waals surface area contributed by atoms with Crippen LogP contribution < -0.4 is 5.32 Å². The van der Waals surface area contributed by atoms with Gasteiger partial charge in [0.1, 0.15) is 11.8 Å². The van der Waals surface area contributed by atoms with Crippen LogP contribution in [0.25, 0.3) is 0 Å². The highest BCUT2D eigenvalue weighted by Crippen LogP contribution is 2.45. The van der Waals surface area contributed by atoms with E-state index in [4.69, 9.17) is 0 Å². The molecular weight excluding hydrogens is 330 g/mol. The van der Waals surface area contributed by atoms with Crippen LogP contribution in [0.3, 0.4) is 0 Å². The Labute approximate surface area is 133 Å². The zero-order valence-corrected chi connectivity index (χ0v) is 13.6. The molecule has 0 aromatic heterocycles. The van der Waals surface area contributed by atoms with Crippen molar-refractivity contribution < 1.29 is 5.11 Å². The number of phenols is 1. The van der Waals surface area contributed by atoms with Gasteiger partial charge in [0.05, 0.1) is 5.56 Å². The number of nitrogens with zero attached hydrogens (tertiary/aromatic N) is 2. The molecule has 1 aliphatic carbocycles. The standard InChI is InChI=1S/C16H20BrN3O/c17-13-4-3-12(10-18)16(21)15(13)14(9-11-1-2-11)20-7-5-19-6-8-20/h3-4,11,14,19,21H,1-2,5-9H2/t14-/m0/s1. The lowest BCUT2D eigenvalue weighted by Gasteiger charge is -2.36. The topological polar surface area (TPSA) is 59.3 Å². The number of rotatable bonds is 4. The number of hydrogen-bond donors (Lipinski definition) is 2. The van der Waals surface area contributed by atoms with Crippen molar-refractivity contribution in [2.45, 2.75) is 25.3 Å². The van der Waals surface area contributed by atoms with E-state index in [-0.39, 0.29) is 11.8 Å². The molecule has 112 valence electrons. The molecule has 1 aromatic carbocycles. The highest BCUT2D eigenvalue weighted by molar-refractivity contribution is 9.10. The van der Waals surface area contributed by atoms with Gasteiger partial charge in [0.25, 0.3) is 0 Å². The Bertz CT molecular complexity index is 559. The zero-order valence-electron chi connectivity index (χ0n) is 12.0. The SMILES string of the molecule is N#Cc1ccc(Br)c([C@H](CC2CC2)N2CCNCC2)c1O. The molecule has 2 N–H and O–H groups in total. The summed E-state index contributed by atoms with van der Waals surface area (Å²) < 4.78 is 0.906. The van der Waals surface area contributed by atoms with Crippen LogP contribution in [0.4, 0.5) is 0 Å². The number of hydrogen-bond acceptors (Lipinski definition) is 4. The molecule has 1 saturated carbocycles. The fourth-order valence-corrected chi connectivity index (χ4v) is 3.69. The number of phenolic OH excluding ortho intramolecular Hbond substituents is 1. The molecule has 1 aliphatic heterocycles. The Morgan fingerprint density at radius 1 is 1.38 bits per heavy atom. The van der Waals surface area contributed by atoms with Gasteiger partial charge in [0, 0.05) is 42.3 Å². The van der Waals surface area contributed by atoms with Crippen molar-refractivity contribution in [2.75, 3.05) is 26.2 Å². The molecule has 0 radical (unpaired) electrons. The van der Waals surface area contributed by atoms with Crippen LogP contribution in [0.2, 0.25) is 0 Å². The lowest BCUT2D eigenvalue weighted by Crippen LogP contribution is -2.45. The molecule has 1 atom stereocenters. The molecule has 5 heteroatoms. The molecule has 4 nitrogen and oxygen atoms in total. The third-order valence-corrected chi connectivity index (χ3v) is 5.15. The Balaban J connectivity index is 1.96. The number of benzene rings is 1. The lowest BCUT2D eigenvalue weighted by molar-refractivity contribution is 0.157. The van der Waals surface area contributed by atoms with Crippen LogP contribution in [0, 0.1) is 17.2 Å². The van der Waals surface area contributed by atoms with Gasteiger partial charge in [-0.3, -0.25) is 4.90 Å². The summed E-state index contributed by atoms with van der Waals surface area (Å²) >= 11 is 3.58. The molecular formula is C16H20BrN3O. The lowest BCUT2D eigenvalue weighted by atomic mass is 9.96. The van der Waals surface area contributed by atoms with Gasteiger partial charge < -0.3 is 10.4 Å². The first-order valence-corrected chi connectivity index (χ1v) is 8.36. The first-order valence-electron chi connectivity index (χ1n) is 7.57. The van der Waals surface area contributed by atoms with Gasteiger partial charge in [-0.1, -0.05) is 28.8 Å². The molecule has 3 rings (SSSR count). The summed E-state index contributed by atoms with van der Waals surface area (Å²) in [4.78, 5) is 2.44. The van der Waals surface area contributed by atoms with Gasteiger partial charge in [0.15, 0.2) is 0 Å². The number of nitrogens with one attached hydrogen (secondary N) is 1. The summed E-state index contributed by atoms with van der Waals surface area (Å²) in [5.74, 6) is 0.915. The van der Waals surface area contributed by atoms with E-state index in [1.165, 1.54) is 12.8 Å². The first-order chi connectivity index (χ1) is 10.2. The minimum absolute atomic E-state index is 0.149. The number of halogens is 1. The summed E-state index contributed by atoms with van der Waals surface area (Å²) in [5, 5.41) is 23.1. The predicted molar refractivity (Wildman–Crippen MR) is 85.0 cm³/mol. The van der Waals surface area contributed by atoms with Gasteiger partial charge in [0.2, 0.25) is 0 Å². The molecule has 0 unspecified atom stereocenters. The van der Waals surface area contributed by atoms with Crippen LogP contribution in [0.15, 0.2) is 16.6 Å².